The fourth-order valence-electron chi connectivity index (χ4n) is 0.686. The molecular weight excluding hydrogens is 173 g/mol. The molecular formula is C6H4F3N2O. The summed E-state index contributed by atoms with van der Waals surface area (Å²) in [5, 5.41) is 10.5. The van der Waals surface area contributed by atoms with Crippen LogP contribution in [-0.4, -0.2) is 9.97 Å². The molecule has 0 N–H and O–H groups in total. The molecule has 0 unspecified atom stereocenters. The van der Waals surface area contributed by atoms with Gasteiger partial charge in [-0.25, -0.2) is 4.98 Å². The van der Waals surface area contributed by atoms with Gasteiger partial charge in [0, 0.05) is 6.07 Å². The van der Waals surface area contributed by atoms with Crippen LogP contribution in [0.25, 0.3) is 0 Å². The Kier molecular flexibility index (Phi) is 1.91. The Balaban J connectivity index is 3.18. The molecule has 0 aliphatic heterocycles. The van der Waals surface area contributed by atoms with Crippen LogP contribution < -0.4 is 0 Å². The van der Waals surface area contributed by atoms with Crippen LogP contribution in [0.1, 0.15) is 11.5 Å². The number of aromatic nitrogens is 2. The van der Waals surface area contributed by atoms with E-state index in [2.05, 4.69) is 9.97 Å². The molecule has 0 saturated carbocycles. The number of alkyl halides is 3. The number of nitrogens with zero attached hydrogens (tertiary/aromatic N) is 2. The van der Waals surface area contributed by atoms with E-state index in [0.29, 0.717) is 6.07 Å². The van der Waals surface area contributed by atoms with Gasteiger partial charge in [-0.15, -0.1) is 0 Å². The van der Waals surface area contributed by atoms with Crippen LogP contribution in [0.4, 0.5) is 13.2 Å². The summed E-state index contributed by atoms with van der Waals surface area (Å²) < 4.78 is 35.8. The van der Waals surface area contributed by atoms with Crippen molar-refractivity contribution in [2.75, 3.05) is 0 Å². The second-order valence-electron chi connectivity index (χ2n) is 2.14. The first kappa shape index (κ1) is 8.76. The van der Waals surface area contributed by atoms with Crippen LogP contribution in [0.15, 0.2) is 6.07 Å². The van der Waals surface area contributed by atoms with Gasteiger partial charge in [0.15, 0.2) is 5.69 Å². The highest BCUT2D eigenvalue weighted by atomic mass is 19.4. The molecule has 65 valence electrons. The van der Waals surface area contributed by atoms with Crippen molar-refractivity contribution in [1.82, 2.24) is 9.97 Å². The summed E-state index contributed by atoms with van der Waals surface area (Å²) in [7, 11) is 0. The lowest BCUT2D eigenvalue weighted by atomic mass is 10.4. The average molecular weight is 177 g/mol. The summed E-state index contributed by atoms with van der Waals surface area (Å²) in [6.07, 6.45) is -4.58. The van der Waals surface area contributed by atoms with Crippen molar-refractivity contribution in [2.45, 2.75) is 13.1 Å². The van der Waals surface area contributed by atoms with Gasteiger partial charge in [0.2, 0.25) is 0 Å². The number of aryl methyl sites for hydroxylation is 1. The summed E-state index contributed by atoms with van der Waals surface area (Å²) in [4.78, 5) is 6.25. The maximum atomic E-state index is 11.9. The lowest BCUT2D eigenvalue weighted by Gasteiger charge is -2.04. The molecule has 1 radical (unpaired) electrons. The first-order valence-electron chi connectivity index (χ1n) is 2.99. The number of rotatable bonds is 0. The van der Waals surface area contributed by atoms with Crippen molar-refractivity contribution in [1.29, 1.82) is 0 Å². The first-order valence-corrected chi connectivity index (χ1v) is 2.99. The van der Waals surface area contributed by atoms with Crippen LogP contribution in [-0.2, 0) is 11.3 Å². The molecule has 1 aromatic rings. The molecule has 0 fully saturated rings. The maximum Gasteiger partial charge on any atom is 0.433 e. The van der Waals surface area contributed by atoms with Crippen molar-refractivity contribution >= 4 is 0 Å². The van der Waals surface area contributed by atoms with Gasteiger partial charge in [-0.05, 0) is 6.92 Å². The van der Waals surface area contributed by atoms with E-state index in [0.717, 1.165) is 0 Å². The Hall–Kier alpha value is -1.33. The molecule has 1 aromatic heterocycles. The Morgan fingerprint density at radius 2 is 1.92 bits per heavy atom. The summed E-state index contributed by atoms with van der Waals surface area (Å²) in [6.45, 7) is 1.23. The van der Waals surface area contributed by atoms with E-state index in [4.69, 9.17) is 0 Å². The van der Waals surface area contributed by atoms with Gasteiger partial charge in [0.05, 0.1) is 0 Å². The fourth-order valence-corrected chi connectivity index (χ4v) is 0.686. The molecule has 0 aliphatic rings. The van der Waals surface area contributed by atoms with Gasteiger partial charge >= 0.3 is 6.18 Å². The molecule has 0 amide bonds. The molecule has 0 bridgehead atoms. The topological polar surface area (TPSA) is 45.7 Å². The lowest BCUT2D eigenvalue weighted by molar-refractivity contribution is -0.141. The van der Waals surface area contributed by atoms with E-state index in [1.165, 1.54) is 6.92 Å². The van der Waals surface area contributed by atoms with Crippen LogP contribution in [0, 0.1) is 6.92 Å². The summed E-state index contributed by atoms with van der Waals surface area (Å²) in [5.74, 6) is -1.09. The molecule has 1 heterocycles. The molecule has 0 atom stereocenters. The van der Waals surface area contributed by atoms with Crippen LogP contribution in [0.3, 0.4) is 0 Å². The van der Waals surface area contributed by atoms with E-state index < -0.39 is 17.8 Å². The minimum Gasteiger partial charge on any atom is -0.267 e. The van der Waals surface area contributed by atoms with Crippen LogP contribution >= 0.6 is 0 Å². The molecule has 0 aromatic carbocycles. The largest absolute Gasteiger partial charge is 0.433 e. The Morgan fingerprint density at radius 3 is 2.33 bits per heavy atom. The van der Waals surface area contributed by atoms with Crippen LogP contribution in [0.2, 0.25) is 0 Å². The van der Waals surface area contributed by atoms with Gasteiger partial charge in [-0.3, -0.25) is 5.11 Å². The zero-order chi connectivity index (χ0) is 9.35. The molecule has 0 spiro atoms. The van der Waals surface area contributed by atoms with E-state index in [-0.39, 0.29) is 5.82 Å². The monoisotopic (exact) mass is 177 g/mol. The predicted octanol–water partition coefficient (Wildman–Crippen LogP) is 1.95. The van der Waals surface area contributed by atoms with E-state index in [9.17, 15) is 18.3 Å². The fraction of sp³-hybridized carbons (Fsp3) is 0.333. The SMILES string of the molecule is Cc1nc([O])cc(C(F)(F)F)n1. The smallest absolute Gasteiger partial charge is 0.267 e. The maximum absolute atomic E-state index is 11.9. The highest BCUT2D eigenvalue weighted by Gasteiger charge is 2.33. The van der Waals surface area contributed by atoms with Crippen molar-refractivity contribution in [3.63, 3.8) is 0 Å². The Morgan fingerprint density at radius 1 is 1.33 bits per heavy atom. The highest BCUT2D eigenvalue weighted by molar-refractivity contribution is 5.16. The standard InChI is InChI=1S/C6H4F3N2O/c1-3-10-4(6(7,8)9)2-5(12)11-3/h2H,1H3. The number of hydrogen-bond donors (Lipinski definition) is 0. The quantitative estimate of drug-likeness (QED) is 0.607. The second kappa shape index (κ2) is 2.62. The van der Waals surface area contributed by atoms with E-state index >= 15 is 0 Å². The van der Waals surface area contributed by atoms with Crippen molar-refractivity contribution < 1.29 is 18.3 Å². The minimum absolute atomic E-state index is 0.171. The van der Waals surface area contributed by atoms with Crippen molar-refractivity contribution in [3.8, 4) is 5.88 Å². The van der Waals surface area contributed by atoms with E-state index in [1.807, 2.05) is 0 Å². The van der Waals surface area contributed by atoms with Gasteiger partial charge in [-0.1, -0.05) is 0 Å². The Labute approximate surface area is 65.9 Å². The molecule has 0 aliphatic carbocycles. The summed E-state index contributed by atoms with van der Waals surface area (Å²) in [6, 6.07) is 0.368. The predicted molar refractivity (Wildman–Crippen MR) is 31.9 cm³/mol. The molecule has 0 saturated heterocycles. The molecule has 3 nitrogen and oxygen atoms in total. The first-order chi connectivity index (χ1) is 5.39. The van der Waals surface area contributed by atoms with Gasteiger partial charge in [0.25, 0.3) is 5.88 Å². The summed E-state index contributed by atoms with van der Waals surface area (Å²) >= 11 is 0. The minimum atomic E-state index is -4.58. The summed E-state index contributed by atoms with van der Waals surface area (Å²) in [5.41, 5.74) is -1.19. The third-order valence-electron chi connectivity index (χ3n) is 1.10. The zero-order valence-corrected chi connectivity index (χ0v) is 6.01. The third kappa shape index (κ3) is 1.84. The molecule has 6 heteroatoms. The van der Waals surface area contributed by atoms with E-state index in [1.54, 1.807) is 0 Å². The van der Waals surface area contributed by atoms with Gasteiger partial charge < -0.3 is 0 Å². The van der Waals surface area contributed by atoms with Crippen molar-refractivity contribution in [2.24, 2.45) is 0 Å². The number of halogens is 3. The van der Waals surface area contributed by atoms with Gasteiger partial charge in [0.1, 0.15) is 5.82 Å². The molecule has 12 heavy (non-hydrogen) atoms. The normalized spacial score (nSPS) is 11.7. The van der Waals surface area contributed by atoms with Crippen molar-refractivity contribution in [3.05, 3.63) is 17.6 Å². The average Bonchev–Trinajstić information content (AvgIpc) is 1.82. The lowest BCUT2D eigenvalue weighted by Crippen LogP contribution is -2.09. The highest BCUT2D eigenvalue weighted by Crippen LogP contribution is 2.28. The molecule has 1 rings (SSSR count). The van der Waals surface area contributed by atoms with Crippen LogP contribution in [0.5, 0.6) is 5.88 Å². The second-order valence-corrected chi connectivity index (χ2v) is 2.14. The third-order valence-corrected chi connectivity index (χ3v) is 1.10. The van der Waals surface area contributed by atoms with Gasteiger partial charge in [-0.2, -0.15) is 18.2 Å². The zero-order valence-electron chi connectivity index (χ0n) is 6.01. The Bertz CT molecular complexity index is 277. The number of hydrogen-bond acceptors (Lipinski definition) is 2.